The van der Waals surface area contributed by atoms with Gasteiger partial charge in [-0.3, -0.25) is 0 Å². The zero-order chi connectivity index (χ0) is 25.5. The lowest BCUT2D eigenvalue weighted by Crippen LogP contribution is -2.18. The van der Waals surface area contributed by atoms with Crippen LogP contribution in [0.15, 0.2) is 30.3 Å². The van der Waals surface area contributed by atoms with Gasteiger partial charge in [-0.25, -0.2) is 13.2 Å². The van der Waals surface area contributed by atoms with Gasteiger partial charge >= 0.3 is 0 Å². The Balaban J connectivity index is 1.22. The highest BCUT2D eigenvalue weighted by molar-refractivity contribution is 6.30. The van der Waals surface area contributed by atoms with Gasteiger partial charge in [0.1, 0.15) is 17.5 Å². The zero-order valence-corrected chi connectivity index (χ0v) is 22.6. The Morgan fingerprint density at radius 1 is 0.694 bits per heavy atom. The van der Waals surface area contributed by atoms with Crippen LogP contribution in [0.25, 0.3) is 0 Å². The van der Waals surface area contributed by atoms with Gasteiger partial charge in [0.15, 0.2) is 0 Å². The van der Waals surface area contributed by atoms with Crippen LogP contribution in [0, 0.1) is 35.2 Å². The molecule has 2 aliphatic rings. The minimum Gasteiger partial charge on any atom is -0.207 e. The fraction of sp³-hybridized carbons (Fsp3) is 0.625. The monoisotopic (exact) mass is 518 g/mol. The lowest BCUT2D eigenvalue weighted by molar-refractivity contribution is 0.222. The van der Waals surface area contributed by atoms with Gasteiger partial charge in [-0.05, 0) is 97.6 Å². The Labute approximate surface area is 221 Å². The third kappa shape index (κ3) is 7.53. The Kier molecular flexibility index (Phi) is 10.2. The molecule has 0 atom stereocenters. The number of hydrogen-bond acceptors (Lipinski definition) is 0. The molecule has 0 bridgehead atoms. The van der Waals surface area contributed by atoms with E-state index in [2.05, 4.69) is 6.92 Å². The Morgan fingerprint density at radius 3 is 1.81 bits per heavy atom. The first kappa shape index (κ1) is 27.6. The van der Waals surface area contributed by atoms with Gasteiger partial charge in [-0.2, -0.15) is 0 Å². The summed E-state index contributed by atoms with van der Waals surface area (Å²) in [6.07, 6.45) is 17.5. The second-order valence-corrected chi connectivity index (χ2v) is 11.9. The molecule has 0 nitrogen and oxygen atoms in total. The highest BCUT2D eigenvalue weighted by Crippen LogP contribution is 2.41. The molecule has 0 spiro atoms. The second kappa shape index (κ2) is 13.4. The maximum atomic E-state index is 14.9. The standard InChI is InChI=1S/C32H42ClF3/c1-2-3-4-22-5-7-23(8-6-22)9-10-24-11-15-26(16-12-24)27-20-30(34)28(31(35)21-27)17-13-25-14-18-29(33)32(36)19-25/h14,18-24,26H,2-13,15-17H2,1H3/t22-,23-,24?,26?. The molecule has 4 heteroatoms. The van der Waals surface area contributed by atoms with Crippen LogP contribution in [0.2, 0.25) is 5.02 Å². The van der Waals surface area contributed by atoms with E-state index in [4.69, 9.17) is 11.6 Å². The Morgan fingerprint density at radius 2 is 1.25 bits per heavy atom. The second-order valence-electron chi connectivity index (χ2n) is 11.5. The van der Waals surface area contributed by atoms with Crippen molar-refractivity contribution in [3.8, 4) is 0 Å². The number of rotatable bonds is 10. The van der Waals surface area contributed by atoms with E-state index in [0.717, 1.165) is 36.2 Å². The molecule has 0 unspecified atom stereocenters. The SMILES string of the molecule is CCCC[C@H]1CC[C@H](CCC2CCC(c3cc(F)c(CCc4ccc(Cl)c(F)c4)c(F)c3)CC2)CC1. The highest BCUT2D eigenvalue weighted by atomic mass is 35.5. The maximum Gasteiger partial charge on any atom is 0.142 e. The topological polar surface area (TPSA) is 0 Å². The minimum atomic E-state index is -0.504. The Bertz CT molecular complexity index is 948. The lowest BCUT2D eigenvalue weighted by Gasteiger charge is -2.32. The largest absolute Gasteiger partial charge is 0.207 e. The maximum absolute atomic E-state index is 14.9. The first-order valence-electron chi connectivity index (χ1n) is 14.3. The number of aryl methyl sites for hydroxylation is 1. The first-order chi connectivity index (χ1) is 17.4. The summed E-state index contributed by atoms with van der Waals surface area (Å²) in [4.78, 5) is 0. The van der Waals surface area contributed by atoms with Crippen molar-refractivity contribution in [2.75, 3.05) is 0 Å². The third-order valence-electron chi connectivity index (χ3n) is 9.04. The van der Waals surface area contributed by atoms with E-state index >= 15 is 0 Å². The van der Waals surface area contributed by atoms with Crippen LogP contribution in [0.3, 0.4) is 0 Å². The van der Waals surface area contributed by atoms with Gasteiger partial charge in [-0.15, -0.1) is 0 Å². The molecule has 0 saturated heterocycles. The summed E-state index contributed by atoms with van der Waals surface area (Å²) in [5.74, 6) is 1.46. The predicted octanol–water partition coefficient (Wildman–Crippen LogP) is 10.6. The summed E-state index contributed by atoms with van der Waals surface area (Å²) < 4.78 is 43.4. The molecule has 2 aliphatic carbocycles. The van der Waals surface area contributed by atoms with Gasteiger partial charge in [0.2, 0.25) is 0 Å². The predicted molar refractivity (Wildman–Crippen MR) is 144 cm³/mol. The molecule has 2 aromatic rings. The number of unbranched alkanes of at least 4 members (excludes halogenated alkanes) is 1. The summed E-state index contributed by atoms with van der Waals surface area (Å²) >= 11 is 5.73. The van der Waals surface area contributed by atoms with E-state index in [-0.39, 0.29) is 22.9 Å². The number of hydrogen-bond donors (Lipinski definition) is 0. The quantitative estimate of drug-likeness (QED) is 0.293. The molecule has 198 valence electrons. The number of halogens is 4. The summed E-state index contributed by atoms with van der Waals surface area (Å²) in [7, 11) is 0. The van der Waals surface area contributed by atoms with Crippen LogP contribution in [-0.4, -0.2) is 0 Å². The van der Waals surface area contributed by atoms with Crippen LogP contribution in [-0.2, 0) is 12.8 Å². The van der Waals surface area contributed by atoms with Crippen LogP contribution in [0.1, 0.15) is 113 Å². The van der Waals surface area contributed by atoms with E-state index < -0.39 is 17.5 Å². The van der Waals surface area contributed by atoms with Gasteiger partial charge < -0.3 is 0 Å². The van der Waals surface area contributed by atoms with Gasteiger partial charge in [0, 0.05) is 5.56 Å². The summed E-state index contributed by atoms with van der Waals surface area (Å²) in [6.45, 7) is 2.29. The van der Waals surface area contributed by atoms with E-state index in [1.165, 1.54) is 82.8 Å². The van der Waals surface area contributed by atoms with Crippen molar-refractivity contribution in [2.24, 2.45) is 17.8 Å². The van der Waals surface area contributed by atoms with E-state index in [0.29, 0.717) is 12.0 Å². The molecule has 4 rings (SSSR count). The molecule has 0 N–H and O–H groups in total. The molecule has 0 aliphatic heterocycles. The Hall–Kier alpha value is -1.48. The van der Waals surface area contributed by atoms with Gasteiger partial charge in [0.25, 0.3) is 0 Å². The third-order valence-corrected chi connectivity index (χ3v) is 9.35. The van der Waals surface area contributed by atoms with Crippen LogP contribution < -0.4 is 0 Å². The van der Waals surface area contributed by atoms with Crippen molar-refractivity contribution in [3.05, 3.63) is 69.5 Å². The van der Waals surface area contributed by atoms with Crippen LogP contribution >= 0.6 is 11.6 Å². The molecular formula is C32H42ClF3. The van der Waals surface area contributed by atoms with Crippen LogP contribution in [0.4, 0.5) is 13.2 Å². The molecule has 0 heterocycles. The van der Waals surface area contributed by atoms with E-state index in [1.54, 1.807) is 18.2 Å². The van der Waals surface area contributed by atoms with Gasteiger partial charge in [0.05, 0.1) is 5.02 Å². The fourth-order valence-corrected chi connectivity index (χ4v) is 6.74. The minimum absolute atomic E-state index is 0.0557. The average Bonchev–Trinajstić information content (AvgIpc) is 2.88. The van der Waals surface area contributed by atoms with Crippen molar-refractivity contribution in [1.29, 1.82) is 0 Å². The van der Waals surface area contributed by atoms with Crippen molar-refractivity contribution in [3.63, 3.8) is 0 Å². The van der Waals surface area contributed by atoms with Crippen molar-refractivity contribution in [1.82, 2.24) is 0 Å². The molecule has 2 fully saturated rings. The van der Waals surface area contributed by atoms with E-state index in [9.17, 15) is 13.2 Å². The smallest absolute Gasteiger partial charge is 0.142 e. The zero-order valence-electron chi connectivity index (χ0n) is 21.8. The summed E-state index contributed by atoms with van der Waals surface area (Å²) in [5, 5.41) is 0.0557. The molecule has 2 aromatic carbocycles. The lowest BCUT2D eigenvalue weighted by atomic mass is 9.74. The molecule has 36 heavy (non-hydrogen) atoms. The molecular weight excluding hydrogens is 477 g/mol. The van der Waals surface area contributed by atoms with Crippen molar-refractivity contribution in [2.45, 2.75) is 109 Å². The molecule has 2 saturated carbocycles. The normalized spacial score (nSPS) is 24.7. The van der Waals surface area contributed by atoms with E-state index in [1.807, 2.05) is 0 Å². The van der Waals surface area contributed by atoms with Gasteiger partial charge in [-0.1, -0.05) is 82.4 Å². The van der Waals surface area contributed by atoms with Crippen molar-refractivity contribution >= 4 is 11.6 Å². The molecule has 0 amide bonds. The highest BCUT2D eigenvalue weighted by Gasteiger charge is 2.26. The fourth-order valence-electron chi connectivity index (χ4n) is 6.62. The number of benzene rings is 2. The first-order valence-corrected chi connectivity index (χ1v) is 14.7. The summed E-state index contributed by atoms with van der Waals surface area (Å²) in [6, 6.07) is 7.61. The average molecular weight is 519 g/mol. The molecule has 0 aromatic heterocycles. The summed E-state index contributed by atoms with van der Waals surface area (Å²) in [5.41, 5.74) is 1.57. The molecule has 0 radical (unpaired) electrons. The van der Waals surface area contributed by atoms with Crippen molar-refractivity contribution < 1.29 is 13.2 Å². The van der Waals surface area contributed by atoms with Crippen LogP contribution in [0.5, 0.6) is 0 Å².